The van der Waals surface area contributed by atoms with Crippen LogP contribution in [0.1, 0.15) is 54.5 Å². The van der Waals surface area contributed by atoms with E-state index in [1.54, 1.807) is 23.8 Å². The van der Waals surface area contributed by atoms with E-state index in [1.807, 2.05) is 4.90 Å². The van der Waals surface area contributed by atoms with Crippen molar-refractivity contribution in [3.63, 3.8) is 0 Å². The molecule has 2 aromatic rings. The number of carbonyl (C=O) groups is 1. The topological polar surface area (TPSA) is 79.5 Å². The Kier molecular flexibility index (Phi) is 4.84. The van der Waals surface area contributed by atoms with Gasteiger partial charge < -0.3 is 14.4 Å². The highest BCUT2D eigenvalue weighted by Gasteiger charge is 2.30. The Balaban J connectivity index is 1.74. The van der Waals surface area contributed by atoms with E-state index >= 15 is 0 Å². The molecule has 1 amide bonds. The number of amides is 1. The second kappa shape index (κ2) is 7.02. The zero-order chi connectivity index (χ0) is 15.4. The van der Waals surface area contributed by atoms with Gasteiger partial charge in [-0.2, -0.15) is 0 Å². The van der Waals surface area contributed by atoms with E-state index in [-0.39, 0.29) is 11.9 Å². The van der Waals surface area contributed by atoms with Crippen LogP contribution < -0.4 is 0 Å². The van der Waals surface area contributed by atoms with Gasteiger partial charge in [0.05, 0.1) is 6.26 Å². The largest absolute Gasteiger partial charge is 0.467 e. The number of carbonyl (C=O) groups excluding carboxylic acids is 1. The molecule has 1 aliphatic rings. The lowest BCUT2D eigenvalue weighted by Crippen LogP contribution is -2.41. The van der Waals surface area contributed by atoms with Crippen molar-refractivity contribution in [3.8, 4) is 0 Å². The zero-order valence-corrected chi connectivity index (χ0v) is 13.0. The second-order valence-electron chi connectivity index (χ2n) is 5.56. The predicted octanol–water partition coefficient (Wildman–Crippen LogP) is 2.64. The molecule has 2 atom stereocenters. The lowest BCUT2D eigenvalue weighted by atomic mass is 10.0. The smallest absolute Gasteiger partial charge is 0.275 e. The van der Waals surface area contributed by atoms with Gasteiger partial charge in [-0.3, -0.25) is 4.79 Å². The van der Waals surface area contributed by atoms with Crippen LogP contribution >= 0.6 is 11.5 Å². The standard InChI is InChI=1S/C15H19N3O3S/c19-13(14-6-4-8-21-14)9-11-5-2-1-3-7-18(11)15(20)12-10-22-17-16-12/h4,6,8,10-11,13,19H,1-3,5,7,9H2/t11-,13-/m0/s1. The number of rotatable bonds is 4. The molecular weight excluding hydrogens is 302 g/mol. The predicted molar refractivity (Wildman–Crippen MR) is 81.5 cm³/mol. The summed E-state index contributed by atoms with van der Waals surface area (Å²) in [5.74, 6) is 0.458. The lowest BCUT2D eigenvalue weighted by Gasteiger charge is -2.30. The van der Waals surface area contributed by atoms with E-state index in [9.17, 15) is 9.90 Å². The van der Waals surface area contributed by atoms with Gasteiger partial charge in [0.25, 0.3) is 5.91 Å². The maximum Gasteiger partial charge on any atom is 0.275 e. The van der Waals surface area contributed by atoms with Crippen LogP contribution in [-0.4, -0.2) is 38.1 Å². The van der Waals surface area contributed by atoms with E-state index in [4.69, 9.17) is 4.42 Å². The summed E-state index contributed by atoms with van der Waals surface area (Å²) >= 11 is 1.18. The van der Waals surface area contributed by atoms with Gasteiger partial charge >= 0.3 is 0 Å². The first-order valence-electron chi connectivity index (χ1n) is 7.55. The highest BCUT2D eigenvalue weighted by atomic mass is 32.1. The summed E-state index contributed by atoms with van der Waals surface area (Å²) in [6, 6.07) is 3.52. The van der Waals surface area contributed by atoms with Crippen molar-refractivity contribution in [2.45, 2.75) is 44.2 Å². The Morgan fingerprint density at radius 2 is 2.41 bits per heavy atom. The average Bonchev–Trinajstić information content (AvgIpc) is 3.18. The highest BCUT2D eigenvalue weighted by Crippen LogP contribution is 2.27. The van der Waals surface area contributed by atoms with Gasteiger partial charge in [-0.1, -0.05) is 17.3 Å². The molecule has 1 fully saturated rings. The molecule has 3 heterocycles. The maximum atomic E-state index is 12.6. The number of nitrogens with zero attached hydrogens (tertiary/aromatic N) is 3. The first kappa shape index (κ1) is 15.2. The molecule has 118 valence electrons. The molecule has 3 rings (SSSR count). The fraction of sp³-hybridized carbons (Fsp3) is 0.533. The van der Waals surface area contributed by atoms with Gasteiger partial charge in [0, 0.05) is 24.4 Å². The number of aliphatic hydroxyl groups excluding tert-OH is 1. The van der Waals surface area contributed by atoms with Crippen LogP contribution in [0.4, 0.5) is 0 Å². The molecule has 0 aliphatic carbocycles. The van der Waals surface area contributed by atoms with E-state index in [0.29, 0.717) is 24.4 Å². The Labute approximate surface area is 132 Å². The van der Waals surface area contributed by atoms with Crippen molar-refractivity contribution in [3.05, 3.63) is 35.2 Å². The number of aliphatic hydroxyl groups is 1. The van der Waals surface area contributed by atoms with Crippen LogP contribution in [0.3, 0.4) is 0 Å². The SMILES string of the molecule is O=C(c1csnn1)N1CCCCC[C@H]1C[C@H](O)c1ccco1. The van der Waals surface area contributed by atoms with Crippen molar-refractivity contribution in [2.75, 3.05) is 6.54 Å². The summed E-state index contributed by atoms with van der Waals surface area (Å²) in [5, 5.41) is 15.9. The normalized spacial score (nSPS) is 20.6. The van der Waals surface area contributed by atoms with Crippen LogP contribution in [0.5, 0.6) is 0 Å². The number of hydrogen-bond donors (Lipinski definition) is 1. The molecule has 1 N–H and O–H groups in total. The Morgan fingerprint density at radius 3 is 3.14 bits per heavy atom. The molecule has 0 aromatic carbocycles. The summed E-state index contributed by atoms with van der Waals surface area (Å²) in [7, 11) is 0. The Bertz CT molecular complexity index is 585. The van der Waals surface area contributed by atoms with Gasteiger partial charge in [0.15, 0.2) is 5.69 Å². The first-order chi connectivity index (χ1) is 10.8. The summed E-state index contributed by atoms with van der Waals surface area (Å²) in [6.07, 6.45) is 5.38. The number of aromatic nitrogens is 2. The molecule has 0 spiro atoms. The molecular formula is C15H19N3O3S. The fourth-order valence-electron chi connectivity index (χ4n) is 2.95. The third-order valence-electron chi connectivity index (χ3n) is 4.08. The minimum absolute atomic E-state index is 0.00296. The molecule has 6 nitrogen and oxygen atoms in total. The van der Waals surface area contributed by atoms with Gasteiger partial charge in [-0.05, 0) is 36.5 Å². The van der Waals surface area contributed by atoms with E-state index < -0.39 is 6.10 Å². The molecule has 2 aromatic heterocycles. The minimum Gasteiger partial charge on any atom is -0.467 e. The summed E-state index contributed by atoms with van der Waals surface area (Å²) < 4.78 is 9.03. The minimum atomic E-state index is -0.693. The highest BCUT2D eigenvalue weighted by molar-refractivity contribution is 7.03. The summed E-state index contributed by atoms with van der Waals surface area (Å²) in [5.41, 5.74) is 0.393. The number of likely N-dealkylation sites (tertiary alicyclic amines) is 1. The second-order valence-corrected chi connectivity index (χ2v) is 6.17. The fourth-order valence-corrected chi connectivity index (χ4v) is 3.38. The zero-order valence-electron chi connectivity index (χ0n) is 12.2. The quantitative estimate of drug-likeness (QED) is 0.936. The van der Waals surface area contributed by atoms with Crippen molar-refractivity contribution >= 4 is 17.4 Å². The molecule has 22 heavy (non-hydrogen) atoms. The van der Waals surface area contributed by atoms with E-state index in [1.165, 1.54) is 11.5 Å². The van der Waals surface area contributed by atoms with Crippen LogP contribution in [0.15, 0.2) is 28.2 Å². The maximum absolute atomic E-state index is 12.6. The third-order valence-corrected chi connectivity index (χ3v) is 4.59. The monoisotopic (exact) mass is 321 g/mol. The van der Waals surface area contributed by atoms with Gasteiger partial charge in [-0.15, -0.1) is 5.10 Å². The number of furan rings is 1. The summed E-state index contributed by atoms with van der Waals surface area (Å²) in [6.45, 7) is 0.700. The molecule has 0 bridgehead atoms. The molecule has 1 saturated heterocycles. The van der Waals surface area contributed by atoms with Crippen LogP contribution in [0, 0.1) is 0 Å². The van der Waals surface area contributed by atoms with Crippen molar-refractivity contribution in [1.82, 2.24) is 14.5 Å². The molecule has 1 aliphatic heterocycles. The third kappa shape index (κ3) is 3.36. The summed E-state index contributed by atoms with van der Waals surface area (Å²) in [4.78, 5) is 14.5. The van der Waals surface area contributed by atoms with Crippen molar-refractivity contribution in [1.29, 1.82) is 0 Å². The van der Waals surface area contributed by atoms with Crippen LogP contribution in [-0.2, 0) is 0 Å². The molecule has 0 unspecified atom stereocenters. The van der Waals surface area contributed by atoms with Gasteiger partial charge in [0.1, 0.15) is 11.9 Å². The van der Waals surface area contributed by atoms with Crippen LogP contribution in [0.2, 0.25) is 0 Å². The van der Waals surface area contributed by atoms with Gasteiger partial charge in [-0.25, -0.2) is 0 Å². The van der Waals surface area contributed by atoms with Gasteiger partial charge in [0.2, 0.25) is 0 Å². The molecule has 7 heteroatoms. The average molecular weight is 321 g/mol. The van der Waals surface area contributed by atoms with E-state index in [0.717, 1.165) is 25.7 Å². The van der Waals surface area contributed by atoms with Crippen molar-refractivity contribution < 1.29 is 14.3 Å². The Morgan fingerprint density at radius 1 is 1.50 bits per heavy atom. The lowest BCUT2D eigenvalue weighted by molar-refractivity contribution is 0.0552. The number of hydrogen-bond acceptors (Lipinski definition) is 6. The molecule has 0 saturated carbocycles. The first-order valence-corrected chi connectivity index (χ1v) is 8.39. The Hall–Kier alpha value is -1.73. The van der Waals surface area contributed by atoms with E-state index in [2.05, 4.69) is 9.59 Å². The van der Waals surface area contributed by atoms with Crippen LogP contribution in [0.25, 0.3) is 0 Å². The molecule has 0 radical (unpaired) electrons. The van der Waals surface area contributed by atoms with Crippen molar-refractivity contribution in [2.24, 2.45) is 0 Å².